The van der Waals surface area contributed by atoms with E-state index in [4.69, 9.17) is 0 Å². The summed E-state index contributed by atoms with van der Waals surface area (Å²) in [5.41, 5.74) is 1.45. The molecule has 1 amide bonds. The Morgan fingerprint density at radius 3 is 2.35 bits per heavy atom. The molecule has 0 radical (unpaired) electrons. The highest BCUT2D eigenvalue weighted by Crippen LogP contribution is 2.10. The molecule has 1 aromatic carbocycles. The summed E-state index contributed by atoms with van der Waals surface area (Å²) < 4.78 is 0. The maximum Gasteiger partial charge on any atom is 0.243 e. The molecule has 0 heterocycles. The van der Waals surface area contributed by atoms with Gasteiger partial charge in [0, 0.05) is 7.05 Å². The van der Waals surface area contributed by atoms with E-state index in [2.05, 4.69) is 35.6 Å². The van der Waals surface area contributed by atoms with Crippen LogP contribution in [0, 0.1) is 0 Å². The molecule has 0 saturated carbocycles. The van der Waals surface area contributed by atoms with E-state index < -0.39 is 0 Å². The molecule has 110 valence electrons. The van der Waals surface area contributed by atoms with Crippen LogP contribution < -0.4 is 5.32 Å². The monoisotopic (exact) mass is 273 g/mol. The molecule has 20 heavy (non-hydrogen) atoms. The number of aryl methyl sites for hydroxylation is 1. The van der Waals surface area contributed by atoms with E-state index in [1.54, 1.807) is 13.1 Å². The maximum absolute atomic E-state index is 10.9. The van der Waals surface area contributed by atoms with Crippen molar-refractivity contribution in [2.75, 3.05) is 7.05 Å². The van der Waals surface area contributed by atoms with Gasteiger partial charge in [0.1, 0.15) is 0 Å². The third kappa shape index (κ3) is 8.52. The highest BCUT2D eigenvalue weighted by molar-refractivity contribution is 5.87. The van der Waals surface area contributed by atoms with Crippen molar-refractivity contribution < 1.29 is 4.79 Å². The van der Waals surface area contributed by atoms with Gasteiger partial charge in [0.25, 0.3) is 0 Å². The Bertz CT molecular complexity index is 384. The van der Waals surface area contributed by atoms with Gasteiger partial charge >= 0.3 is 0 Å². The van der Waals surface area contributed by atoms with Crippen LogP contribution in [0.3, 0.4) is 0 Å². The molecule has 0 aromatic heterocycles. The first-order valence-electron chi connectivity index (χ1n) is 7.75. The zero-order chi connectivity index (χ0) is 14.5. The topological polar surface area (TPSA) is 29.1 Å². The number of benzene rings is 1. The van der Waals surface area contributed by atoms with Crippen molar-refractivity contribution in [3.63, 3.8) is 0 Å². The molecule has 1 aromatic rings. The molecule has 1 N–H and O–H groups in total. The molecule has 0 atom stereocenters. The molecule has 0 bridgehead atoms. The summed E-state index contributed by atoms with van der Waals surface area (Å²) >= 11 is 0. The lowest BCUT2D eigenvalue weighted by Crippen LogP contribution is -2.13. The van der Waals surface area contributed by atoms with Crippen LogP contribution in [0.2, 0.25) is 0 Å². The summed E-state index contributed by atoms with van der Waals surface area (Å²) in [4.78, 5) is 10.9. The van der Waals surface area contributed by atoms with Gasteiger partial charge in [-0.1, -0.05) is 62.1 Å². The Kier molecular flexibility index (Phi) is 9.29. The van der Waals surface area contributed by atoms with E-state index in [1.807, 2.05) is 6.08 Å². The SMILES string of the molecule is CNC(=O)/C=C/CCCCCCCCc1ccccc1. The van der Waals surface area contributed by atoms with E-state index >= 15 is 0 Å². The maximum atomic E-state index is 10.9. The first-order valence-corrected chi connectivity index (χ1v) is 7.75. The summed E-state index contributed by atoms with van der Waals surface area (Å²) in [6.45, 7) is 0. The molecule has 0 spiro atoms. The average Bonchev–Trinajstić information content (AvgIpc) is 2.50. The minimum Gasteiger partial charge on any atom is -0.356 e. The second-order valence-corrected chi connectivity index (χ2v) is 5.16. The van der Waals surface area contributed by atoms with Crippen LogP contribution in [0.15, 0.2) is 42.5 Å². The summed E-state index contributed by atoms with van der Waals surface area (Å²) in [6, 6.07) is 10.7. The molecule has 0 unspecified atom stereocenters. The highest BCUT2D eigenvalue weighted by Gasteiger charge is 1.94. The number of unbranched alkanes of at least 4 members (excludes halogenated alkanes) is 6. The van der Waals surface area contributed by atoms with Gasteiger partial charge < -0.3 is 5.32 Å². The zero-order valence-electron chi connectivity index (χ0n) is 12.6. The molecule has 0 aliphatic rings. The van der Waals surface area contributed by atoms with Gasteiger partial charge in [-0.2, -0.15) is 0 Å². The first kappa shape index (κ1) is 16.5. The van der Waals surface area contributed by atoms with Crippen molar-refractivity contribution in [1.29, 1.82) is 0 Å². The fourth-order valence-corrected chi connectivity index (χ4v) is 2.22. The molecule has 0 fully saturated rings. The van der Waals surface area contributed by atoms with Crippen LogP contribution in [-0.4, -0.2) is 13.0 Å². The summed E-state index contributed by atoms with van der Waals surface area (Å²) in [5, 5.41) is 2.58. The van der Waals surface area contributed by atoms with Crippen LogP contribution in [0.25, 0.3) is 0 Å². The number of hydrogen-bond acceptors (Lipinski definition) is 1. The standard InChI is InChI=1S/C18H27NO/c1-19-18(20)16-12-7-5-3-2-4-6-9-13-17-14-10-8-11-15-17/h8,10-12,14-16H,2-7,9,13H2,1H3,(H,19,20)/b16-12+. The van der Waals surface area contributed by atoms with E-state index in [9.17, 15) is 4.79 Å². The number of allylic oxidation sites excluding steroid dienone is 1. The van der Waals surface area contributed by atoms with Crippen molar-refractivity contribution in [2.24, 2.45) is 0 Å². The second kappa shape index (κ2) is 11.3. The van der Waals surface area contributed by atoms with Crippen molar-refractivity contribution in [1.82, 2.24) is 5.32 Å². The van der Waals surface area contributed by atoms with Crippen molar-refractivity contribution in [3.05, 3.63) is 48.0 Å². The van der Waals surface area contributed by atoms with E-state index in [-0.39, 0.29) is 5.91 Å². The van der Waals surface area contributed by atoms with Crippen molar-refractivity contribution in [3.8, 4) is 0 Å². The Morgan fingerprint density at radius 2 is 1.65 bits per heavy atom. The first-order chi connectivity index (χ1) is 9.83. The van der Waals surface area contributed by atoms with E-state index in [0.29, 0.717) is 0 Å². The summed E-state index contributed by atoms with van der Waals surface area (Å²) in [6.07, 6.45) is 13.5. The molecular formula is C18H27NO. The molecule has 0 saturated heterocycles. The Labute approximate surface area is 123 Å². The van der Waals surface area contributed by atoms with Gasteiger partial charge in [0.05, 0.1) is 0 Å². The van der Waals surface area contributed by atoms with Crippen molar-refractivity contribution >= 4 is 5.91 Å². The van der Waals surface area contributed by atoms with E-state index in [1.165, 1.54) is 50.5 Å². The fourth-order valence-electron chi connectivity index (χ4n) is 2.22. The minimum absolute atomic E-state index is 0.00841. The molecule has 1 rings (SSSR count). The van der Waals surface area contributed by atoms with Crippen LogP contribution in [-0.2, 0) is 11.2 Å². The number of rotatable bonds is 10. The molecule has 2 heteroatoms. The van der Waals surface area contributed by atoms with Gasteiger partial charge in [-0.15, -0.1) is 0 Å². The number of amides is 1. The Morgan fingerprint density at radius 1 is 1.00 bits per heavy atom. The average molecular weight is 273 g/mol. The van der Waals surface area contributed by atoms with Gasteiger partial charge in [0.15, 0.2) is 0 Å². The van der Waals surface area contributed by atoms with Crippen LogP contribution >= 0.6 is 0 Å². The lowest BCUT2D eigenvalue weighted by molar-refractivity contribution is -0.116. The number of nitrogens with one attached hydrogen (secondary N) is 1. The van der Waals surface area contributed by atoms with Crippen LogP contribution in [0.4, 0.5) is 0 Å². The number of carbonyl (C=O) groups is 1. The van der Waals surface area contributed by atoms with Gasteiger partial charge in [-0.25, -0.2) is 0 Å². The Hall–Kier alpha value is -1.57. The smallest absolute Gasteiger partial charge is 0.243 e. The molecule has 0 aliphatic heterocycles. The van der Waals surface area contributed by atoms with Crippen molar-refractivity contribution in [2.45, 2.75) is 51.4 Å². The number of carbonyl (C=O) groups excluding carboxylic acids is 1. The molecule has 0 aliphatic carbocycles. The lowest BCUT2D eigenvalue weighted by Gasteiger charge is -2.02. The summed E-state index contributed by atoms with van der Waals surface area (Å²) in [7, 11) is 1.65. The highest BCUT2D eigenvalue weighted by atomic mass is 16.1. The molecular weight excluding hydrogens is 246 g/mol. The fraction of sp³-hybridized carbons (Fsp3) is 0.500. The van der Waals surface area contributed by atoms with Gasteiger partial charge in [-0.05, 0) is 37.3 Å². The third-order valence-electron chi connectivity index (χ3n) is 3.44. The summed E-state index contributed by atoms with van der Waals surface area (Å²) in [5.74, 6) is -0.00841. The van der Waals surface area contributed by atoms with Gasteiger partial charge in [0.2, 0.25) is 5.91 Å². The normalized spacial score (nSPS) is 10.8. The van der Waals surface area contributed by atoms with Gasteiger partial charge in [-0.3, -0.25) is 4.79 Å². The quantitative estimate of drug-likeness (QED) is 0.501. The number of hydrogen-bond donors (Lipinski definition) is 1. The van der Waals surface area contributed by atoms with E-state index in [0.717, 1.165) is 6.42 Å². The molecule has 2 nitrogen and oxygen atoms in total. The second-order valence-electron chi connectivity index (χ2n) is 5.16. The predicted octanol–water partition coefficient (Wildman–Crippen LogP) is 4.26. The van der Waals surface area contributed by atoms with Crippen LogP contribution in [0.5, 0.6) is 0 Å². The third-order valence-corrected chi connectivity index (χ3v) is 3.44. The zero-order valence-corrected chi connectivity index (χ0v) is 12.6. The largest absolute Gasteiger partial charge is 0.356 e. The lowest BCUT2D eigenvalue weighted by atomic mass is 10.0. The Balaban J connectivity index is 1.88. The van der Waals surface area contributed by atoms with Crippen LogP contribution in [0.1, 0.15) is 50.5 Å². The minimum atomic E-state index is -0.00841. The number of likely N-dealkylation sites (N-methyl/N-ethyl adjacent to an activating group) is 1. The predicted molar refractivity (Wildman–Crippen MR) is 85.7 cm³/mol.